The van der Waals surface area contributed by atoms with E-state index in [4.69, 9.17) is 5.73 Å². The molecule has 0 radical (unpaired) electrons. The lowest BCUT2D eigenvalue weighted by atomic mass is 10.1. The molecule has 0 spiro atoms. The van der Waals surface area contributed by atoms with Crippen molar-refractivity contribution < 1.29 is 0 Å². The molecule has 2 heterocycles. The SMILES string of the molecule is Nc1ccc(N2Cc3ccccc3C2)nc1. The third-order valence-corrected chi connectivity index (χ3v) is 2.94. The molecule has 3 nitrogen and oxygen atoms in total. The van der Waals surface area contributed by atoms with Gasteiger partial charge in [0.1, 0.15) is 5.82 Å². The molecule has 1 aromatic heterocycles. The Labute approximate surface area is 94.5 Å². The minimum atomic E-state index is 0.709. The van der Waals surface area contributed by atoms with E-state index in [0.717, 1.165) is 18.9 Å². The smallest absolute Gasteiger partial charge is 0.129 e. The fourth-order valence-electron chi connectivity index (χ4n) is 2.08. The van der Waals surface area contributed by atoms with Gasteiger partial charge in [-0.15, -0.1) is 0 Å². The third kappa shape index (κ3) is 1.50. The zero-order valence-electron chi connectivity index (χ0n) is 8.93. The summed E-state index contributed by atoms with van der Waals surface area (Å²) >= 11 is 0. The van der Waals surface area contributed by atoms with Crippen LogP contribution in [-0.4, -0.2) is 4.98 Å². The molecular formula is C13H13N3. The minimum Gasteiger partial charge on any atom is -0.397 e. The normalized spacial score (nSPS) is 13.9. The molecule has 3 heteroatoms. The molecule has 2 aromatic rings. The second-order valence-electron chi connectivity index (χ2n) is 4.07. The Morgan fingerprint density at radius 3 is 2.25 bits per heavy atom. The van der Waals surface area contributed by atoms with E-state index in [-0.39, 0.29) is 0 Å². The largest absolute Gasteiger partial charge is 0.397 e. The highest BCUT2D eigenvalue weighted by molar-refractivity contribution is 5.50. The van der Waals surface area contributed by atoms with Crippen molar-refractivity contribution in [1.82, 2.24) is 4.98 Å². The first kappa shape index (κ1) is 9.21. The summed E-state index contributed by atoms with van der Waals surface area (Å²) in [6, 6.07) is 12.4. The summed E-state index contributed by atoms with van der Waals surface area (Å²) in [5, 5.41) is 0. The summed E-state index contributed by atoms with van der Waals surface area (Å²) in [6.45, 7) is 1.88. The van der Waals surface area contributed by atoms with E-state index in [9.17, 15) is 0 Å². The molecule has 0 amide bonds. The molecule has 1 aliphatic heterocycles. The molecule has 0 saturated carbocycles. The van der Waals surface area contributed by atoms with Gasteiger partial charge in [0.05, 0.1) is 11.9 Å². The summed E-state index contributed by atoms with van der Waals surface area (Å²) < 4.78 is 0. The Balaban J connectivity index is 1.88. The summed E-state index contributed by atoms with van der Waals surface area (Å²) in [7, 11) is 0. The lowest BCUT2D eigenvalue weighted by molar-refractivity contribution is 0.857. The quantitative estimate of drug-likeness (QED) is 0.786. The Hall–Kier alpha value is -2.03. The number of pyridine rings is 1. The molecule has 3 rings (SSSR count). The number of nitrogens with two attached hydrogens (primary N) is 1. The maximum Gasteiger partial charge on any atom is 0.129 e. The number of nitrogen functional groups attached to an aromatic ring is 1. The molecule has 0 atom stereocenters. The van der Waals surface area contributed by atoms with Gasteiger partial charge in [-0.1, -0.05) is 24.3 Å². The fraction of sp³-hybridized carbons (Fsp3) is 0.154. The van der Waals surface area contributed by atoms with E-state index in [1.807, 2.05) is 12.1 Å². The predicted octanol–water partition coefficient (Wildman–Crippen LogP) is 2.18. The second-order valence-corrected chi connectivity index (χ2v) is 4.07. The number of nitrogens with zero attached hydrogens (tertiary/aromatic N) is 2. The topological polar surface area (TPSA) is 42.1 Å². The van der Waals surface area contributed by atoms with E-state index in [0.29, 0.717) is 5.69 Å². The van der Waals surface area contributed by atoms with Gasteiger partial charge in [-0.25, -0.2) is 4.98 Å². The Morgan fingerprint density at radius 2 is 1.69 bits per heavy atom. The zero-order valence-corrected chi connectivity index (χ0v) is 8.93. The molecule has 1 aliphatic rings. The van der Waals surface area contributed by atoms with Gasteiger partial charge < -0.3 is 10.6 Å². The first-order valence-electron chi connectivity index (χ1n) is 5.36. The van der Waals surface area contributed by atoms with Crippen molar-refractivity contribution >= 4 is 11.5 Å². The van der Waals surface area contributed by atoms with Crippen LogP contribution < -0.4 is 10.6 Å². The second kappa shape index (κ2) is 3.52. The number of rotatable bonds is 1. The Bertz CT molecular complexity index is 480. The molecular weight excluding hydrogens is 198 g/mol. The Kier molecular flexibility index (Phi) is 2.03. The van der Waals surface area contributed by atoms with Crippen molar-refractivity contribution in [2.45, 2.75) is 13.1 Å². The van der Waals surface area contributed by atoms with Crippen LogP contribution in [0.4, 0.5) is 11.5 Å². The van der Waals surface area contributed by atoms with Crippen LogP contribution >= 0.6 is 0 Å². The van der Waals surface area contributed by atoms with E-state index >= 15 is 0 Å². The molecule has 16 heavy (non-hydrogen) atoms. The number of aromatic nitrogens is 1. The van der Waals surface area contributed by atoms with Crippen molar-refractivity contribution in [3.05, 3.63) is 53.7 Å². The van der Waals surface area contributed by atoms with E-state index < -0.39 is 0 Å². The summed E-state index contributed by atoms with van der Waals surface area (Å²) in [4.78, 5) is 6.60. The molecule has 0 bridgehead atoms. The minimum absolute atomic E-state index is 0.709. The van der Waals surface area contributed by atoms with E-state index in [1.54, 1.807) is 6.20 Å². The first-order chi connectivity index (χ1) is 7.83. The number of hydrogen-bond acceptors (Lipinski definition) is 3. The van der Waals surface area contributed by atoms with Crippen molar-refractivity contribution in [3.8, 4) is 0 Å². The molecule has 0 aliphatic carbocycles. The number of anilines is 2. The van der Waals surface area contributed by atoms with Crippen LogP contribution in [0, 0.1) is 0 Å². The van der Waals surface area contributed by atoms with Gasteiger partial charge in [-0.05, 0) is 23.3 Å². The van der Waals surface area contributed by atoms with Crippen LogP contribution in [0.25, 0.3) is 0 Å². The zero-order chi connectivity index (χ0) is 11.0. The van der Waals surface area contributed by atoms with Crippen LogP contribution in [0.3, 0.4) is 0 Å². The maximum atomic E-state index is 5.63. The predicted molar refractivity (Wildman–Crippen MR) is 65.0 cm³/mol. The highest BCUT2D eigenvalue weighted by Crippen LogP contribution is 2.26. The highest BCUT2D eigenvalue weighted by Gasteiger charge is 2.18. The van der Waals surface area contributed by atoms with Gasteiger partial charge >= 0.3 is 0 Å². The average molecular weight is 211 g/mol. The van der Waals surface area contributed by atoms with E-state index in [2.05, 4.69) is 34.1 Å². The lowest BCUT2D eigenvalue weighted by Gasteiger charge is -2.16. The summed E-state index contributed by atoms with van der Waals surface area (Å²) in [5.41, 5.74) is 9.12. The summed E-state index contributed by atoms with van der Waals surface area (Å²) in [5.74, 6) is 0.991. The van der Waals surface area contributed by atoms with E-state index in [1.165, 1.54) is 11.1 Å². The van der Waals surface area contributed by atoms with Crippen LogP contribution in [-0.2, 0) is 13.1 Å². The van der Waals surface area contributed by atoms with Crippen molar-refractivity contribution in [2.75, 3.05) is 10.6 Å². The molecule has 0 saturated heterocycles. The number of benzene rings is 1. The van der Waals surface area contributed by atoms with Crippen molar-refractivity contribution in [1.29, 1.82) is 0 Å². The third-order valence-electron chi connectivity index (χ3n) is 2.94. The standard InChI is InChI=1S/C13H13N3/c14-12-5-6-13(15-7-12)16-8-10-3-1-2-4-11(10)9-16/h1-7H,8-9,14H2. The van der Waals surface area contributed by atoms with Gasteiger partial charge in [0.2, 0.25) is 0 Å². The fourth-order valence-corrected chi connectivity index (χ4v) is 2.08. The monoisotopic (exact) mass is 211 g/mol. The van der Waals surface area contributed by atoms with Crippen LogP contribution in [0.15, 0.2) is 42.6 Å². The van der Waals surface area contributed by atoms with Crippen molar-refractivity contribution in [2.24, 2.45) is 0 Å². The first-order valence-corrected chi connectivity index (χ1v) is 5.36. The average Bonchev–Trinajstić information content (AvgIpc) is 2.73. The molecule has 0 fully saturated rings. The van der Waals surface area contributed by atoms with Crippen LogP contribution in [0.2, 0.25) is 0 Å². The Morgan fingerprint density at radius 1 is 1.00 bits per heavy atom. The molecule has 80 valence electrons. The van der Waals surface area contributed by atoms with Gasteiger partial charge in [0.15, 0.2) is 0 Å². The molecule has 1 aromatic carbocycles. The number of fused-ring (bicyclic) bond motifs is 1. The lowest BCUT2D eigenvalue weighted by Crippen LogP contribution is -2.15. The molecule has 2 N–H and O–H groups in total. The van der Waals surface area contributed by atoms with Gasteiger partial charge in [-0.2, -0.15) is 0 Å². The van der Waals surface area contributed by atoms with Crippen LogP contribution in [0.1, 0.15) is 11.1 Å². The summed E-state index contributed by atoms with van der Waals surface area (Å²) in [6.07, 6.45) is 1.71. The number of hydrogen-bond donors (Lipinski definition) is 1. The van der Waals surface area contributed by atoms with Gasteiger partial charge in [0, 0.05) is 13.1 Å². The highest BCUT2D eigenvalue weighted by atomic mass is 15.2. The van der Waals surface area contributed by atoms with Crippen molar-refractivity contribution in [3.63, 3.8) is 0 Å². The maximum absolute atomic E-state index is 5.63. The molecule has 0 unspecified atom stereocenters. The van der Waals surface area contributed by atoms with Crippen LogP contribution in [0.5, 0.6) is 0 Å². The van der Waals surface area contributed by atoms with Gasteiger partial charge in [0.25, 0.3) is 0 Å². The van der Waals surface area contributed by atoms with Gasteiger partial charge in [-0.3, -0.25) is 0 Å².